The van der Waals surface area contributed by atoms with Crippen molar-refractivity contribution in [3.8, 4) is 17.2 Å². The van der Waals surface area contributed by atoms with E-state index in [4.69, 9.17) is 18.9 Å². The van der Waals surface area contributed by atoms with E-state index in [9.17, 15) is 14.7 Å². The maximum Gasteiger partial charge on any atom is 0.295 e. The maximum atomic E-state index is 13.1. The number of likely N-dealkylation sites (tertiary alicyclic amines) is 1. The Hall–Kier alpha value is -3.52. The van der Waals surface area contributed by atoms with E-state index in [-0.39, 0.29) is 24.5 Å². The number of ether oxygens (including phenoxy) is 4. The first-order valence-corrected chi connectivity index (χ1v) is 11.3. The van der Waals surface area contributed by atoms with E-state index in [0.29, 0.717) is 41.6 Å². The molecule has 0 aromatic heterocycles. The molecule has 0 radical (unpaired) electrons. The van der Waals surface area contributed by atoms with Gasteiger partial charge in [0.25, 0.3) is 11.7 Å². The highest BCUT2D eigenvalue weighted by Crippen LogP contribution is 2.42. The van der Waals surface area contributed by atoms with Crippen LogP contribution in [-0.2, 0) is 14.3 Å². The predicted molar refractivity (Wildman–Crippen MR) is 127 cm³/mol. The molecule has 0 bridgehead atoms. The summed E-state index contributed by atoms with van der Waals surface area (Å²) in [6.45, 7) is 5.28. The van der Waals surface area contributed by atoms with Crippen LogP contribution in [0, 0.1) is 0 Å². The molecule has 1 aliphatic rings. The number of benzene rings is 2. The normalized spacial score (nSPS) is 17.2. The highest BCUT2D eigenvalue weighted by Gasteiger charge is 2.46. The molecule has 0 spiro atoms. The number of hydrogen-bond donors (Lipinski definition) is 1. The monoisotopic (exact) mass is 469 g/mol. The number of rotatable bonds is 11. The summed E-state index contributed by atoms with van der Waals surface area (Å²) in [4.78, 5) is 27.4. The summed E-state index contributed by atoms with van der Waals surface area (Å²) in [5.74, 6) is -0.0237. The van der Waals surface area contributed by atoms with Gasteiger partial charge in [-0.1, -0.05) is 13.0 Å². The van der Waals surface area contributed by atoms with E-state index in [1.54, 1.807) is 42.5 Å². The summed E-state index contributed by atoms with van der Waals surface area (Å²) >= 11 is 0. The molecule has 1 heterocycles. The molecule has 1 saturated heterocycles. The molecule has 1 atom stereocenters. The summed E-state index contributed by atoms with van der Waals surface area (Å²) in [6, 6.07) is 11.2. The van der Waals surface area contributed by atoms with E-state index < -0.39 is 17.7 Å². The Kier molecular flexibility index (Phi) is 8.54. The summed E-state index contributed by atoms with van der Waals surface area (Å²) in [5.41, 5.74) is 1.04. The number of Topliss-reactive ketones (excluding diaryl/α,β-unsaturated/α-hetero) is 1. The standard InChI is InChI=1S/C26H31NO7/c1-5-14-34-19-10-7-17(8-11-19)24(28)22-23(27(13-15-31-3)26(30)25(22)29)18-9-12-20(32-4)21(16-18)33-6-2/h7-12,16,23,28H,5-6,13-15H2,1-4H3/b24-22-. The fraction of sp³-hybridized carbons (Fsp3) is 0.385. The number of aliphatic hydroxyl groups excluding tert-OH is 1. The topological polar surface area (TPSA) is 94.5 Å². The van der Waals surface area contributed by atoms with Crippen LogP contribution in [-0.4, -0.2) is 62.3 Å². The minimum Gasteiger partial charge on any atom is -0.507 e. The second kappa shape index (κ2) is 11.6. The molecule has 1 aliphatic heterocycles. The van der Waals surface area contributed by atoms with E-state index in [1.807, 2.05) is 13.8 Å². The van der Waals surface area contributed by atoms with Crippen molar-refractivity contribution in [1.82, 2.24) is 4.90 Å². The molecule has 0 aliphatic carbocycles. The van der Waals surface area contributed by atoms with Crippen molar-refractivity contribution in [1.29, 1.82) is 0 Å². The van der Waals surface area contributed by atoms with Gasteiger partial charge >= 0.3 is 0 Å². The Morgan fingerprint density at radius 1 is 0.971 bits per heavy atom. The maximum absolute atomic E-state index is 13.1. The van der Waals surface area contributed by atoms with E-state index in [1.165, 1.54) is 19.1 Å². The van der Waals surface area contributed by atoms with Crippen LogP contribution in [0.4, 0.5) is 0 Å². The Balaban J connectivity index is 2.10. The number of aliphatic hydroxyl groups is 1. The lowest BCUT2D eigenvalue weighted by atomic mass is 9.95. The zero-order chi connectivity index (χ0) is 24.7. The fourth-order valence-corrected chi connectivity index (χ4v) is 3.86. The molecule has 0 saturated carbocycles. The van der Waals surface area contributed by atoms with Crippen molar-refractivity contribution in [2.45, 2.75) is 26.3 Å². The van der Waals surface area contributed by atoms with Gasteiger partial charge in [-0.15, -0.1) is 0 Å². The van der Waals surface area contributed by atoms with E-state index >= 15 is 0 Å². The highest BCUT2D eigenvalue weighted by atomic mass is 16.5. The minimum atomic E-state index is -0.809. The number of nitrogens with zero attached hydrogens (tertiary/aromatic N) is 1. The van der Waals surface area contributed by atoms with Gasteiger partial charge in [-0.2, -0.15) is 0 Å². The summed E-state index contributed by atoms with van der Waals surface area (Å²) in [7, 11) is 3.06. The van der Waals surface area contributed by atoms with Crippen LogP contribution in [0.2, 0.25) is 0 Å². The van der Waals surface area contributed by atoms with Gasteiger partial charge in [-0.05, 0) is 55.3 Å². The quantitative estimate of drug-likeness (QED) is 0.302. The lowest BCUT2D eigenvalue weighted by Crippen LogP contribution is -2.32. The number of ketones is 1. The Morgan fingerprint density at radius 2 is 1.71 bits per heavy atom. The first-order valence-electron chi connectivity index (χ1n) is 11.3. The van der Waals surface area contributed by atoms with Gasteiger partial charge < -0.3 is 29.0 Å². The smallest absolute Gasteiger partial charge is 0.295 e. The number of hydrogen-bond acceptors (Lipinski definition) is 7. The van der Waals surface area contributed by atoms with Crippen LogP contribution in [0.15, 0.2) is 48.0 Å². The minimum absolute atomic E-state index is 0.0101. The molecule has 34 heavy (non-hydrogen) atoms. The zero-order valence-corrected chi connectivity index (χ0v) is 20.0. The molecule has 8 heteroatoms. The number of carbonyl (C=O) groups excluding carboxylic acids is 2. The molecule has 1 unspecified atom stereocenters. The molecule has 1 N–H and O–H groups in total. The van der Waals surface area contributed by atoms with Gasteiger partial charge in [0.15, 0.2) is 11.5 Å². The van der Waals surface area contributed by atoms with Gasteiger partial charge in [0, 0.05) is 19.2 Å². The Labute approximate surface area is 199 Å². The Morgan fingerprint density at radius 3 is 2.32 bits per heavy atom. The van der Waals surface area contributed by atoms with Crippen LogP contribution >= 0.6 is 0 Å². The molecule has 2 aromatic rings. The summed E-state index contributed by atoms with van der Waals surface area (Å²) < 4.78 is 21.8. The molecule has 182 valence electrons. The molecular formula is C26H31NO7. The molecule has 8 nitrogen and oxygen atoms in total. The molecule has 3 rings (SSSR count). The Bertz CT molecular complexity index is 1050. The fourth-order valence-electron chi connectivity index (χ4n) is 3.86. The van der Waals surface area contributed by atoms with E-state index in [0.717, 1.165) is 6.42 Å². The van der Waals surface area contributed by atoms with Crippen LogP contribution < -0.4 is 14.2 Å². The molecular weight excluding hydrogens is 438 g/mol. The van der Waals surface area contributed by atoms with Gasteiger partial charge in [-0.3, -0.25) is 9.59 Å². The van der Waals surface area contributed by atoms with Crippen molar-refractivity contribution in [3.63, 3.8) is 0 Å². The van der Waals surface area contributed by atoms with Crippen molar-refractivity contribution >= 4 is 17.4 Å². The number of methoxy groups -OCH3 is 2. The van der Waals surface area contributed by atoms with Crippen molar-refractivity contribution in [2.24, 2.45) is 0 Å². The highest BCUT2D eigenvalue weighted by molar-refractivity contribution is 6.46. The largest absolute Gasteiger partial charge is 0.507 e. The summed E-state index contributed by atoms with van der Waals surface area (Å²) in [5, 5.41) is 11.2. The lowest BCUT2D eigenvalue weighted by Gasteiger charge is -2.25. The van der Waals surface area contributed by atoms with Gasteiger partial charge in [-0.25, -0.2) is 0 Å². The third-order valence-electron chi connectivity index (χ3n) is 5.48. The summed E-state index contributed by atoms with van der Waals surface area (Å²) in [6.07, 6.45) is 0.873. The lowest BCUT2D eigenvalue weighted by molar-refractivity contribution is -0.140. The van der Waals surface area contributed by atoms with Crippen molar-refractivity contribution in [3.05, 3.63) is 59.2 Å². The van der Waals surface area contributed by atoms with Crippen LogP contribution in [0.1, 0.15) is 37.4 Å². The third-order valence-corrected chi connectivity index (χ3v) is 5.48. The van der Waals surface area contributed by atoms with Crippen LogP contribution in [0.3, 0.4) is 0 Å². The second-order valence-electron chi connectivity index (χ2n) is 7.70. The average Bonchev–Trinajstić information content (AvgIpc) is 3.11. The third kappa shape index (κ3) is 5.17. The van der Waals surface area contributed by atoms with Crippen LogP contribution in [0.25, 0.3) is 5.76 Å². The first kappa shape index (κ1) is 25.1. The van der Waals surface area contributed by atoms with Crippen molar-refractivity contribution < 1.29 is 33.6 Å². The van der Waals surface area contributed by atoms with Crippen molar-refractivity contribution in [2.75, 3.05) is 40.6 Å². The first-order chi connectivity index (χ1) is 16.5. The molecule has 1 fully saturated rings. The average molecular weight is 470 g/mol. The predicted octanol–water partition coefficient (Wildman–Crippen LogP) is 3.95. The SMILES string of the molecule is CCCOc1ccc(/C(O)=C2/C(=O)C(=O)N(CCOC)C2c2ccc(OC)c(OCC)c2)cc1. The second-order valence-corrected chi connectivity index (χ2v) is 7.70. The molecule has 2 aromatic carbocycles. The number of amides is 1. The van der Waals surface area contributed by atoms with Gasteiger partial charge in [0.1, 0.15) is 11.5 Å². The van der Waals surface area contributed by atoms with Gasteiger partial charge in [0.05, 0.1) is 38.5 Å². The van der Waals surface area contributed by atoms with E-state index in [2.05, 4.69) is 0 Å². The van der Waals surface area contributed by atoms with Gasteiger partial charge in [0.2, 0.25) is 0 Å². The van der Waals surface area contributed by atoms with Crippen LogP contribution in [0.5, 0.6) is 17.2 Å². The molecule has 1 amide bonds. The number of carbonyl (C=O) groups is 2. The zero-order valence-electron chi connectivity index (χ0n) is 20.0.